The van der Waals surface area contributed by atoms with Crippen LogP contribution in [0, 0.1) is 0 Å². The van der Waals surface area contributed by atoms with Crippen molar-refractivity contribution >= 4 is 11.8 Å². The minimum Gasteiger partial charge on any atom is -0.464 e. The third kappa shape index (κ3) is 3.25. The summed E-state index contributed by atoms with van der Waals surface area (Å²) in [5.74, 6) is 0.924. The van der Waals surface area contributed by atoms with Crippen molar-refractivity contribution in [2.24, 2.45) is 0 Å². The van der Waals surface area contributed by atoms with Gasteiger partial charge < -0.3 is 15.0 Å². The van der Waals surface area contributed by atoms with Crippen LogP contribution in [0.15, 0.2) is 12.4 Å². The number of carbonyl (C=O) groups excluding carboxylic acids is 1. The lowest BCUT2D eigenvalue weighted by atomic mass is 10.1. The first-order valence-electron chi connectivity index (χ1n) is 7.09. The van der Waals surface area contributed by atoms with Gasteiger partial charge in [0, 0.05) is 31.4 Å². The molecule has 0 bridgehead atoms. The predicted octanol–water partition coefficient (Wildman–Crippen LogP) is 0.941. The van der Waals surface area contributed by atoms with Crippen LogP contribution >= 0.6 is 0 Å². The lowest BCUT2D eigenvalue weighted by molar-refractivity contribution is -0.144. The van der Waals surface area contributed by atoms with E-state index in [2.05, 4.69) is 29.1 Å². The molecule has 2 rings (SSSR count). The zero-order valence-electron chi connectivity index (χ0n) is 12.3. The molecule has 0 spiro atoms. The Kier molecular flexibility index (Phi) is 4.89. The molecule has 0 aliphatic carbocycles. The van der Waals surface area contributed by atoms with Crippen molar-refractivity contribution in [1.29, 1.82) is 0 Å². The molecule has 1 fully saturated rings. The van der Waals surface area contributed by atoms with E-state index in [0.29, 0.717) is 19.1 Å². The van der Waals surface area contributed by atoms with E-state index in [1.165, 1.54) is 0 Å². The zero-order valence-corrected chi connectivity index (χ0v) is 12.3. The molecular weight excluding hydrogens is 256 g/mol. The summed E-state index contributed by atoms with van der Waals surface area (Å²) >= 11 is 0. The lowest BCUT2D eigenvalue weighted by Gasteiger charge is -2.35. The molecule has 1 saturated heterocycles. The Morgan fingerprint density at radius 1 is 1.55 bits per heavy atom. The molecule has 1 aromatic rings. The molecule has 0 saturated carbocycles. The predicted molar refractivity (Wildman–Crippen MR) is 76.8 cm³/mol. The Hall–Kier alpha value is -1.69. The van der Waals surface area contributed by atoms with E-state index in [1.807, 2.05) is 17.9 Å². The highest BCUT2D eigenvalue weighted by molar-refractivity contribution is 5.80. The van der Waals surface area contributed by atoms with Crippen molar-refractivity contribution in [3.63, 3.8) is 0 Å². The number of ether oxygens (including phenoxy) is 1. The number of rotatable bonds is 4. The summed E-state index contributed by atoms with van der Waals surface area (Å²) < 4.78 is 5.15. The highest BCUT2D eigenvalue weighted by Crippen LogP contribution is 2.20. The number of nitrogens with zero attached hydrogens (tertiary/aromatic N) is 3. The summed E-state index contributed by atoms with van der Waals surface area (Å²) in [5, 5.41) is 3.23. The Balaban J connectivity index is 2.23. The van der Waals surface area contributed by atoms with Gasteiger partial charge in [-0.15, -0.1) is 0 Å². The second-order valence-electron chi connectivity index (χ2n) is 5.12. The highest BCUT2D eigenvalue weighted by atomic mass is 16.5. The van der Waals surface area contributed by atoms with Gasteiger partial charge in [-0.2, -0.15) is 0 Å². The summed E-state index contributed by atoms with van der Waals surface area (Å²) in [7, 11) is 0. The lowest BCUT2D eigenvalue weighted by Crippen LogP contribution is -2.56. The van der Waals surface area contributed by atoms with Gasteiger partial charge in [-0.1, -0.05) is 13.8 Å². The highest BCUT2D eigenvalue weighted by Gasteiger charge is 2.30. The van der Waals surface area contributed by atoms with Gasteiger partial charge in [-0.3, -0.25) is 0 Å². The molecule has 1 atom stereocenters. The van der Waals surface area contributed by atoms with Crippen LogP contribution in [0.5, 0.6) is 0 Å². The second kappa shape index (κ2) is 6.65. The molecule has 0 aromatic carbocycles. The van der Waals surface area contributed by atoms with Crippen LogP contribution in [-0.4, -0.2) is 48.2 Å². The Bertz CT molecular complexity index is 464. The molecule has 0 radical (unpaired) electrons. The van der Waals surface area contributed by atoms with Gasteiger partial charge >= 0.3 is 5.97 Å². The third-order valence-electron chi connectivity index (χ3n) is 3.36. The van der Waals surface area contributed by atoms with Gasteiger partial charge in [0.15, 0.2) is 0 Å². The van der Waals surface area contributed by atoms with E-state index >= 15 is 0 Å². The number of carbonyl (C=O) groups is 1. The van der Waals surface area contributed by atoms with Crippen LogP contribution in [0.3, 0.4) is 0 Å². The van der Waals surface area contributed by atoms with E-state index in [1.54, 1.807) is 6.33 Å². The summed E-state index contributed by atoms with van der Waals surface area (Å²) in [5.41, 5.74) is 0.983. The topological polar surface area (TPSA) is 67.3 Å². The summed E-state index contributed by atoms with van der Waals surface area (Å²) in [4.78, 5) is 22.6. The first kappa shape index (κ1) is 14.7. The Labute approximate surface area is 119 Å². The second-order valence-corrected chi connectivity index (χ2v) is 5.12. The maximum Gasteiger partial charge on any atom is 0.330 e. The molecule has 1 N–H and O–H groups in total. The molecule has 1 aromatic heterocycles. The number of nitrogens with one attached hydrogen (secondary N) is 1. The normalized spacial score (nSPS) is 19.2. The standard InChI is InChI=1S/C14H22N4O2/c1-4-20-14(19)12-8-15-5-6-18(12)13-7-11(10(2)3)16-9-17-13/h7,9-10,12,15H,4-6,8H2,1-3H3. The molecule has 1 unspecified atom stereocenters. The number of anilines is 1. The molecule has 1 aliphatic heterocycles. The van der Waals surface area contributed by atoms with Crippen LogP contribution in [0.1, 0.15) is 32.4 Å². The molecule has 20 heavy (non-hydrogen) atoms. The number of hydrogen-bond acceptors (Lipinski definition) is 6. The van der Waals surface area contributed by atoms with Crippen molar-refractivity contribution in [3.05, 3.63) is 18.1 Å². The van der Waals surface area contributed by atoms with Crippen LogP contribution in [0.2, 0.25) is 0 Å². The number of piperazine rings is 1. The minimum atomic E-state index is -0.321. The van der Waals surface area contributed by atoms with Gasteiger partial charge in [0.05, 0.1) is 6.61 Å². The van der Waals surface area contributed by atoms with Gasteiger partial charge in [0.2, 0.25) is 0 Å². The maximum absolute atomic E-state index is 12.1. The van der Waals surface area contributed by atoms with Crippen molar-refractivity contribution in [3.8, 4) is 0 Å². The van der Waals surface area contributed by atoms with E-state index in [-0.39, 0.29) is 12.0 Å². The molecule has 2 heterocycles. The monoisotopic (exact) mass is 278 g/mol. The zero-order chi connectivity index (χ0) is 14.5. The van der Waals surface area contributed by atoms with Crippen LogP contribution in [0.25, 0.3) is 0 Å². The summed E-state index contributed by atoms with van der Waals surface area (Å²) in [6.45, 7) is 8.54. The van der Waals surface area contributed by atoms with Crippen LogP contribution in [0.4, 0.5) is 5.82 Å². The van der Waals surface area contributed by atoms with Gasteiger partial charge in [-0.25, -0.2) is 14.8 Å². The fourth-order valence-electron chi connectivity index (χ4n) is 2.26. The number of hydrogen-bond donors (Lipinski definition) is 1. The van der Waals surface area contributed by atoms with E-state index in [9.17, 15) is 4.79 Å². The molecule has 0 amide bonds. The Morgan fingerprint density at radius 3 is 3.05 bits per heavy atom. The summed E-state index contributed by atoms with van der Waals surface area (Å²) in [6, 6.07) is 1.64. The molecule has 6 nitrogen and oxygen atoms in total. The fraction of sp³-hybridized carbons (Fsp3) is 0.643. The average Bonchev–Trinajstić information content (AvgIpc) is 2.47. The Morgan fingerprint density at radius 2 is 2.35 bits per heavy atom. The van der Waals surface area contributed by atoms with Crippen molar-refractivity contribution in [1.82, 2.24) is 15.3 Å². The van der Waals surface area contributed by atoms with Crippen LogP contribution < -0.4 is 10.2 Å². The first-order chi connectivity index (χ1) is 9.63. The molecular formula is C14H22N4O2. The first-order valence-corrected chi connectivity index (χ1v) is 7.09. The van der Waals surface area contributed by atoms with Crippen molar-refractivity contribution in [2.75, 3.05) is 31.1 Å². The van der Waals surface area contributed by atoms with Crippen molar-refractivity contribution < 1.29 is 9.53 Å². The number of esters is 1. The maximum atomic E-state index is 12.1. The van der Waals surface area contributed by atoms with Gasteiger partial charge in [-0.05, 0) is 12.8 Å². The van der Waals surface area contributed by atoms with E-state index in [0.717, 1.165) is 24.6 Å². The van der Waals surface area contributed by atoms with E-state index < -0.39 is 0 Å². The minimum absolute atomic E-state index is 0.204. The van der Waals surface area contributed by atoms with E-state index in [4.69, 9.17) is 4.74 Å². The number of aromatic nitrogens is 2. The van der Waals surface area contributed by atoms with Crippen molar-refractivity contribution in [2.45, 2.75) is 32.7 Å². The smallest absolute Gasteiger partial charge is 0.330 e. The van der Waals surface area contributed by atoms with Crippen LogP contribution in [-0.2, 0) is 9.53 Å². The molecule has 110 valence electrons. The van der Waals surface area contributed by atoms with Gasteiger partial charge in [0.1, 0.15) is 18.2 Å². The summed E-state index contributed by atoms with van der Waals surface area (Å²) in [6.07, 6.45) is 1.56. The van der Waals surface area contributed by atoms with Gasteiger partial charge in [0.25, 0.3) is 0 Å². The molecule has 1 aliphatic rings. The third-order valence-corrected chi connectivity index (χ3v) is 3.36. The quantitative estimate of drug-likeness (QED) is 0.827. The molecule has 6 heteroatoms. The fourth-order valence-corrected chi connectivity index (χ4v) is 2.26. The average molecular weight is 278 g/mol. The SMILES string of the molecule is CCOC(=O)C1CNCCN1c1cc(C(C)C)ncn1. The largest absolute Gasteiger partial charge is 0.464 e.